The number of anilines is 3. The van der Waals surface area contributed by atoms with Crippen LogP contribution in [0, 0.1) is 0 Å². The summed E-state index contributed by atoms with van der Waals surface area (Å²) in [5, 5.41) is 4.46. The van der Waals surface area contributed by atoms with Gasteiger partial charge in [-0.3, -0.25) is 0 Å². The number of hydrogen-bond donors (Lipinski definition) is 0. The van der Waals surface area contributed by atoms with Crippen molar-refractivity contribution in [3.63, 3.8) is 0 Å². The van der Waals surface area contributed by atoms with Gasteiger partial charge in [-0.25, -0.2) is 0 Å². The van der Waals surface area contributed by atoms with E-state index in [4.69, 9.17) is 8.83 Å². The Balaban J connectivity index is 1.19. The summed E-state index contributed by atoms with van der Waals surface area (Å²) in [6, 6.07) is 66.1. The van der Waals surface area contributed by atoms with Crippen molar-refractivity contribution in [3.8, 4) is 33.4 Å². The van der Waals surface area contributed by atoms with E-state index >= 15 is 0 Å². The summed E-state index contributed by atoms with van der Waals surface area (Å²) >= 11 is 0. The molecular formula is C48H31NO2. The Kier molecular flexibility index (Phi) is 6.81. The molecule has 0 spiro atoms. The first-order valence-corrected chi connectivity index (χ1v) is 17.3. The molecule has 2 aromatic heterocycles. The first-order valence-electron chi connectivity index (χ1n) is 17.3. The fourth-order valence-corrected chi connectivity index (χ4v) is 7.54. The normalized spacial score (nSPS) is 11.5. The molecule has 0 saturated heterocycles. The van der Waals surface area contributed by atoms with Crippen LogP contribution in [0.25, 0.3) is 77.3 Å². The zero-order chi connectivity index (χ0) is 33.7. The third-order valence-electron chi connectivity index (χ3n) is 9.88. The van der Waals surface area contributed by atoms with E-state index in [2.05, 4.69) is 169 Å². The van der Waals surface area contributed by atoms with Gasteiger partial charge in [-0.1, -0.05) is 140 Å². The van der Waals surface area contributed by atoms with Crippen molar-refractivity contribution in [3.05, 3.63) is 188 Å². The molecule has 10 rings (SSSR count). The zero-order valence-electron chi connectivity index (χ0n) is 27.7. The Morgan fingerprint density at radius 2 is 0.902 bits per heavy atom. The second kappa shape index (κ2) is 11.9. The maximum Gasteiger partial charge on any atom is 0.160 e. The van der Waals surface area contributed by atoms with E-state index in [-0.39, 0.29) is 0 Å². The number of fused-ring (bicyclic) bond motifs is 6. The summed E-state index contributed by atoms with van der Waals surface area (Å²) < 4.78 is 13.0. The van der Waals surface area contributed by atoms with Gasteiger partial charge in [-0.2, -0.15) is 0 Å². The quantitative estimate of drug-likeness (QED) is 0.179. The van der Waals surface area contributed by atoms with E-state index in [1.165, 1.54) is 5.56 Å². The van der Waals surface area contributed by atoms with Gasteiger partial charge in [-0.15, -0.1) is 0 Å². The van der Waals surface area contributed by atoms with Crippen molar-refractivity contribution < 1.29 is 8.83 Å². The Labute approximate surface area is 295 Å². The maximum absolute atomic E-state index is 6.81. The number of benzene rings is 8. The van der Waals surface area contributed by atoms with E-state index in [1.54, 1.807) is 0 Å². The molecular weight excluding hydrogens is 623 g/mol. The van der Waals surface area contributed by atoms with Crippen molar-refractivity contribution in [1.29, 1.82) is 0 Å². The van der Waals surface area contributed by atoms with Gasteiger partial charge < -0.3 is 13.7 Å². The Hall–Kier alpha value is -6.84. The molecule has 240 valence electrons. The summed E-state index contributed by atoms with van der Waals surface area (Å²) in [7, 11) is 0. The highest BCUT2D eigenvalue weighted by Gasteiger charge is 2.23. The van der Waals surface area contributed by atoms with Crippen LogP contribution < -0.4 is 4.90 Å². The average Bonchev–Trinajstić information content (AvgIpc) is 3.79. The summed E-state index contributed by atoms with van der Waals surface area (Å²) in [5.74, 6) is 0. The fourth-order valence-electron chi connectivity index (χ4n) is 7.54. The van der Waals surface area contributed by atoms with Gasteiger partial charge >= 0.3 is 0 Å². The van der Waals surface area contributed by atoms with Crippen LogP contribution in [-0.2, 0) is 0 Å². The third-order valence-corrected chi connectivity index (χ3v) is 9.88. The molecule has 0 unspecified atom stereocenters. The van der Waals surface area contributed by atoms with Gasteiger partial charge in [0.05, 0.1) is 5.69 Å². The SMILES string of the molecule is c1ccc(-c2cccc(N(c3ccc(-c4cccc5oc6ccccc6c45)cc3)c3ccc(-c4ccccc4)c4c3oc3ccccc34)c2)cc1. The molecule has 0 bridgehead atoms. The second-order valence-electron chi connectivity index (χ2n) is 12.9. The van der Waals surface area contributed by atoms with E-state index in [1.807, 2.05) is 24.3 Å². The van der Waals surface area contributed by atoms with Gasteiger partial charge in [0.1, 0.15) is 16.7 Å². The number of rotatable bonds is 6. The highest BCUT2D eigenvalue weighted by Crippen LogP contribution is 2.47. The van der Waals surface area contributed by atoms with Crippen LogP contribution in [0.2, 0.25) is 0 Å². The topological polar surface area (TPSA) is 29.5 Å². The highest BCUT2D eigenvalue weighted by molar-refractivity contribution is 6.17. The standard InChI is InChI=1S/C48H31NO2/c1-3-13-32(14-4-1)35-17-11-18-37(31-35)49(36-27-25-34(26-28-36)38-21-12-24-45-46(38)40-19-7-9-22-43(40)50-45)42-30-29-39(33-15-5-2-6-16-33)47-41-20-8-10-23-44(41)51-48(42)47/h1-31H. The van der Waals surface area contributed by atoms with E-state index in [0.29, 0.717) is 0 Å². The molecule has 3 heteroatoms. The lowest BCUT2D eigenvalue weighted by atomic mass is 9.97. The lowest BCUT2D eigenvalue weighted by molar-refractivity contribution is 0.668. The molecule has 3 nitrogen and oxygen atoms in total. The van der Waals surface area contributed by atoms with Gasteiger partial charge in [0, 0.05) is 32.9 Å². The van der Waals surface area contributed by atoms with Crippen LogP contribution in [0.5, 0.6) is 0 Å². The molecule has 0 saturated carbocycles. The Morgan fingerprint density at radius 1 is 0.333 bits per heavy atom. The number of nitrogens with zero attached hydrogens (tertiary/aromatic N) is 1. The highest BCUT2D eigenvalue weighted by atomic mass is 16.3. The minimum absolute atomic E-state index is 0.848. The monoisotopic (exact) mass is 653 g/mol. The van der Waals surface area contributed by atoms with Crippen LogP contribution in [0.1, 0.15) is 0 Å². The lowest BCUT2D eigenvalue weighted by Crippen LogP contribution is -2.10. The van der Waals surface area contributed by atoms with E-state index in [9.17, 15) is 0 Å². The van der Waals surface area contributed by atoms with Gasteiger partial charge in [0.2, 0.25) is 0 Å². The van der Waals surface area contributed by atoms with E-state index in [0.717, 1.165) is 88.8 Å². The number of hydrogen-bond acceptors (Lipinski definition) is 3. The average molecular weight is 654 g/mol. The minimum atomic E-state index is 0.848. The number of para-hydroxylation sites is 2. The molecule has 0 aliphatic heterocycles. The lowest BCUT2D eigenvalue weighted by Gasteiger charge is -2.27. The van der Waals surface area contributed by atoms with Crippen LogP contribution >= 0.6 is 0 Å². The predicted octanol–water partition coefficient (Wildman–Crippen LogP) is 14.0. The van der Waals surface area contributed by atoms with Crippen LogP contribution in [-0.4, -0.2) is 0 Å². The smallest absolute Gasteiger partial charge is 0.160 e. The third kappa shape index (κ3) is 4.90. The summed E-state index contributed by atoms with van der Waals surface area (Å²) in [5.41, 5.74) is 13.4. The molecule has 10 aromatic rings. The van der Waals surface area contributed by atoms with Crippen molar-refractivity contribution in [2.75, 3.05) is 4.90 Å². The maximum atomic E-state index is 6.81. The predicted molar refractivity (Wildman–Crippen MR) is 212 cm³/mol. The first-order chi connectivity index (χ1) is 25.3. The fraction of sp³-hybridized carbons (Fsp3) is 0. The minimum Gasteiger partial charge on any atom is -0.456 e. The van der Waals surface area contributed by atoms with Gasteiger partial charge in [0.25, 0.3) is 0 Å². The van der Waals surface area contributed by atoms with Crippen molar-refractivity contribution >= 4 is 60.9 Å². The summed E-state index contributed by atoms with van der Waals surface area (Å²) in [6.45, 7) is 0. The van der Waals surface area contributed by atoms with Gasteiger partial charge in [0.15, 0.2) is 5.58 Å². The Morgan fingerprint density at radius 3 is 1.67 bits per heavy atom. The van der Waals surface area contributed by atoms with Gasteiger partial charge in [-0.05, 0) is 81.9 Å². The molecule has 0 N–H and O–H groups in total. The largest absolute Gasteiger partial charge is 0.456 e. The van der Waals surface area contributed by atoms with Crippen molar-refractivity contribution in [2.45, 2.75) is 0 Å². The molecule has 51 heavy (non-hydrogen) atoms. The molecule has 0 atom stereocenters. The molecule has 0 amide bonds. The van der Waals surface area contributed by atoms with Crippen LogP contribution in [0.4, 0.5) is 17.1 Å². The van der Waals surface area contributed by atoms with Crippen molar-refractivity contribution in [2.24, 2.45) is 0 Å². The molecule has 0 aliphatic rings. The second-order valence-corrected chi connectivity index (χ2v) is 12.9. The molecule has 0 radical (unpaired) electrons. The van der Waals surface area contributed by atoms with Crippen LogP contribution in [0.15, 0.2) is 197 Å². The van der Waals surface area contributed by atoms with E-state index < -0.39 is 0 Å². The molecule has 2 heterocycles. The summed E-state index contributed by atoms with van der Waals surface area (Å²) in [6.07, 6.45) is 0. The molecule has 0 aliphatic carbocycles. The first kappa shape index (κ1) is 29.1. The zero-order valence-corrected chi connectivity index (χ0v) is 27.7. The van der Waals surface area contributed by atoms with Crippen LogP contribution in [0.3, 0.4) is 0 Å². The van der Waals surface area contributed by atoms with Crippen molar-refractivity contribution in [1.82, 2.24) is 0 Å². The molecule has 0 fully saturated rings. The number of furan rings is 2. The Bertz CT molecular complexity index is 2850. The molecule has 8 aromatic carbocycles. The summed E-state index contributed by atoms with van der Waals surface area (Å²) in [4.78, 5) is 2.32.